The summed E-state index contributed by atoms with van der Waals surface area (Å²) in [5.74, 6) is 1.23. The summed E-state index contributed by atoms with van der Waals surface area (Å²) >= 11 is 0. The van der Waals surface area contributed by atoms with Crippen molar-refractivity contribution in [2.75, 3.05) is 6.61 Å². The van der Waals surface area contributed by atoms with Gasteiger partial charge in [0.25, 0.3) is 5.91 Å². The number of aryl methyl sites for hydroxylation is 2. The first kappa shape index (κ1) is 18.8. The number of aromatic nitrogens is 4. The van der Waals surface area contributed by atoms with Crippen LogP contribution in [-0.4, -0.2) is 49.5 Å². The molecule has 1 aromatic carbocycles. The second-order valence-electron chi connectivity index (χ2n) is 8.22. The number of carbonyl (C=O) groups is 1. The van der Waals surface area contributed by atoms with Crippen molar-refractivity contribution in [2.24, 2.45) is 5.92 Å². The number of fused-ring (bicyclic) bond motifs is 2. The third-order valence-corrected chi connectivity index (χ3v) is 6.30. The van der Waals surface area contributed by atoms with Gasteiger partial charge in [-0.05, 0) is 56.9 Å². The SMILES string of the molecule is Cc1ccc(-n2nccn2)c(C(=O)N2C3CCC2C(COc2ccccc2C)C3)n1. The minimum Gasteiger partial charge on any atom is -0.493 e. The number of nitrogens with zero attached hydrogens (tertiary/aromatic N) is 5. The van der Waals surface area contributed by atoms with Crippen molar-refractivity contribution in [3.8, 4) is 11.4 Å². The number of carbonyl (C=O) groups excluding carboxylic acids is 1. The highest BCUT2D eigenvalue weighted by Crippen LogP contribution is 2.43. The van der Waals surface area contributed by atoms with Gasteiger partial charge in [0.05, 0.1) is 19.0 Å². The topological polar surface area (TPSA) is 73.1 Å². The van der Waals surface area contributed by atoms with Crippen molar-refractivity contribution in [1.29, 1.82) is 0 Å². The number of rotatable bonds is 5. The number of amides is 1. The number of para-hydroxylation sites is 1. The van der Waals surface area contributed by atoms with E-state index in [4.69, 9.17) is 4.74 Å². The predicted molar refractivity (Wildman–Crippen MR) is 112 cm³/mol. The Balaban J connectivity index is 1.37. The van der Waals surface area contributed by atoms with Crippen LogP contribution < -0.4 is 4.74 Å². The summed E-state index contributed by atoms with van der Waals surface area (Å²) in [4.78, 5) is 21.7. The maximum atomic E-state index is 13.6. The van der Waals surface area contributed by atoms with Crippen LogP contribution in [0.2, 0.25) is 0 Å². The molecule has 2 aliphatic rings. The van der Waals surface area contributed by atoms with Crippen LogP contribution in [0.3, 0.4) is 0 Å². The van der Waals surface area contributed by atoms with Crippen LogP contribution in [0.25, 0.3) is 5.69 Å². The number of pyridine rings is 1. The van der Waals surface area contributed by atoms with Crippen LogP contribution in [-0.2, 0) is 0 Å². The van der Waals surface area contributed by atoms with E-state index in [2.05, 4.69) is 28.2 Å². The fraction of sp³-hybridized carbons (Fsp3) is 0.391. The molecule has 7 nitrogen and oxygen atoms in total. The summed E-state index contributed by atoms with van der Waals surface area (Å²) in [6.45, 7) is 4.58. The monoisotopic (exact) mass is 403 g/mol. The number of hydrogen-bond donors (Lipinski definition) is 0. The van der Waals surface area contributed by atoms with E-state index in [-0.39, 0.29) is 18.0 Å². The first-order valence-corrected chi connectivity index (χ1v) is 10.5. The van der Waals surface area contributed by atoms with Gasteiger partial charge in [-0.25, -0.2) is 4.98 Å². The number of ether oxygens (including phenoxy) is 1. The molecule has 30 heavy (non-hydrogen) atoms. The Kier molecular flexibility index (Phi) is 4.73. The Morgan fingerprint density at radius 1 is 1.10 bits per heavy atom. The third kappa shape index (κ3) is 3.24. The molecule has 154 valence electrons. The van der Waals surface area contributed by atoms with E-state index in [1.807, 2.05) is 42.2 Å². The molecule has 2 fully saturated rings. The van der Waals surface area contributed by atoms with Gasteiger partial charge in [0.1, 0.15) is 11.4 Å². The molecule has 3 unspecified atom stereocenters. The van der Waals surface area contributed by atoms with Gasteiger partial charge in [0, 0.05) is 23.7 Å². The molecule has 3 atom stereocenters. The van der Waals surface area contributed by atoms with Gasteiger partial charge in [-0.3, -0.25) is 4.79 Å². The maximum Gasteiger partial charge on any atom is 0.275 e. The minimum absolute atomic E-state index is 0.0307. The van der Waals surface area contributed by atoms with Crippen molar-refractivity contribution in [2.45, 2.75) is 45.2 Å². The fourth-order valence-corrected chi connectivity index (χ4v) is 4.85. The average Bonchev–Trinajstić information content (AvgIpc) is 3.49. The first-order valence-electron chi connectivity index (χ1n) is 10.5. The van der Waals surface area contributed by atoms with Crippen LogP contribution in [0.1, 0.15) is 41.0 Å². The molecule has 2 saturated heterocycles. The second kappa shape index (κ2) is 7.55. The molecule has 0 saturated carbocycles. The molecule has 4 heterocycles. The van der Waals surface area contributed by atoms with Gasteiger partial charge in [0.15, 0.2) is 5.69 Å². The molecule has 2 aromatic heterocycles. The summed E-state index contributed by atoms with van der Waals surface area (Å²) in [5.41, 5.74) is 2.98. The molecule has 2 bridgehead atoms. The highest BCUT2D eigenvalue weighted by Gasteiger charge is 2.49. The molecule has 7 heteroatoms. The zero-order chi connectivity index (χ0) is 20.7. The maximum absolute atomic E-state index is 13.6. The summed E-state index contributed by atoms with van der Waals surface area (Å²) in [5, 5.41) is 8.40. The van der Waals surface area contributed by atoms with E-state index in [1.54, 1.807) is 12.4 Å². The Labute approximate surface area is 175 Å². The van der Waals surface area contributed by atoms with E-state index >= 15 is 0 Å². The molecular formula is C23H25N5O2. The molecule has 5 rings (SSSR count). The molecule has 1 amide bonds. The molecule has 3 aromatic rings. The smallest absolute Gasteiger partial charge is 0.275 e. The van der Waals surface area contributed by atoms with Crippen molar-refractivity contribution in [1.82, 2.24) is 24.9 Å². The van der Waals surface area contributed by atoms with Gasteiger partial charge in [-0.15, -0.1) is 4.80 Å². The van der Waals surface area contributed by atoms with E-state index in [0.29, 0.717) is 23.9 Å². The number of benzene rings is 1. The fourth-order valence-electron chi connectivity index (χ4n) is 4.85. The molecule has 0 spiro atoms. The minimum atomic E-state index is -0.0307. The van der Waals surface area contributed by atoms with Crippen LogP contribution >= 0.6 is 0 Å². The van der Waals surface area contributed by atoms with E-state index < -0.39 is 0 Å². The molecule has 0 aliphatic carbocycles. The molecule has 2 aliphatic heterocycles. The quantitative estimate of drug-likeness (QED) is 0.653. The van der Waals surface area contributed by atoms with Gasteiger partial charge < -0.3 is 9.64 Å². The summed E-state index contributed by atoms with van der Waals surface area (Å²) in [6, 6.07) is 12.3. The van der Waals surface area contributed by atoms with Gasteiger partial charge >= 0.3 is 0 Å². The highest BCUT2D eigenvalue weighted by atomic mass is 16.5. The predicted octanol–water partition coefficient (Wildman–Crippen LogP) is 3.35. The van der Waals surface area contributed by atoms with Gasteiger partial charge in [-0.1, -0.05) is 18.2 Å². The van der Waals surface area contributed by atoms with E-state index in [9.17, 15) is 4.79 Å². The lowest BCUT2D eigenvalue weighted by molar-refractivity contribution is 0.0703. The first-order chi connectivity index (χ1) is 14.6. The van der Waals surface area contributed by atoms with Crippen molar-refractivity contribution in [3.63, 3.8) is 0 Å². The average molecular weight is 403 g/mol. The Morgan fingerprint density at radius 3 is 2.70 bits per heavy atom. The lowest BCUT2D eigenvalue weighted by atomic mass is 9.90. The summed E-state index contributed by atoms with van der Waals surface area (Å²) < 4.78 is 6.13. The zero-order valence-electron chi connectivity index (χ0n) is 17.2. The normalized spacial score (nSPS) is 22.5. The van der Waals surface area contributed by atoms with Gasteiger partial charge in [0.2, 0.25) is 0 Å². The summed E-state index contributed by atoms with van der Waals surface area (Å²) in [7, 11) is 0. The van der Waals surface area contributed by atoms with Crippen molar-refractivity contribution in [3.05, 3.63) is 65.7 Å². The Morgan fingerprint density at radius 2 is 1.90 bits per heavy atom. The van der Waals surface area contributed by atoms with Crippen LogP contribution in [0.15, 0.2) is 48.8 Å². The zero-order valence-corrected chi connectivity index (χ0v) is 17.2. The second-order valence-corrected chi connectivity index (χ2v) is 8.22. The lowest BCUT2D eigenvalue weighted by Gasteiger charge is -2.25. The lowest BCUT2D eigenvalue weighted by Crippen LogP contribution is -2.38. The van der Waals surface area contributed by atoms with E-state index in [0.717, 1.165) is 36.3 Å². The van der Waals surface area contributed by atoms with Gasteiger partial charge in [-0.2, -0.15) is 10.2 Å². The van der Waals surface area contributed by atoms with Crippen LogP contribution in [0.4, 0.5) is 0 Å². The summed E-state index contributed by atoms with van der Waals surface area (Å²) in [6.07, 6.45) is 6.24. The Bertz CT molecular complexity index is 1070. The molecular weight excluding hydrogens is 378 g/mol. The molecule has 0 radical (unpaired) electrons. The van der Waals surface area contributed by atoms with Crippen molar-refractivity contribution < 1.29 is 9.53 Å². The van der Waals surface area contributed by atoms with Crippen LogP contribution in [0, 0.1) is 19.8 Å². The molecule has 0 N–H and O–H groups in total. The van der Waals surface area contributed by atoms with Crippen molar-refractivity contribution >= 4 is 5.91 Å². The highest BCUT2D eigenvalue weighted by molar-refractivity contribution is 5.96. The third-order valence-electron chi connectivity index (χ3n) is 6.30. The largest absolute Gasteiger partial charge is 0.493 e. The van der Waals surface area contributed by atoms with Crippen LogP contribution in [0.5, 0.6) is 5.75 Å². The Hall–Kier alpha value is -3.22. The number of hydrogen-bond acceptors (Lipinski definition) is 5. The standard InChI is InChI=1S/C23H25N5O2/c1-15-5-3-4-6-21(15)30-14-17-13-18-8-10-19(17)27(18)23(29)22-20(9-7-16(2)26-22)28-24-11-12-25-28/h3-7,9,11-12,17-19H,8,10,13-14H2,1-2H3. The van der Waals surface area contributed by atoms with E-state index in [1.165, 1.54) is 4.80 Å².